The van der Waals surface area contributed by atoms with Crippen molar-refractivity contribution < 1.29 is 9.47 Å². The molecule has 126 valence electrons. The Morgan fingerprint density at radius 2 is 1.42 bits per heavy atom. The maximum Gasteiger partial charge on any atom is 0.194 e. The van der Waals surface area contributed by atoms with Crippen LogP contribution in [0.25, 0.3) is 11.1 Å². The van der Waals surface area contributed by atoms with Gasteiger partial charge in [0.15, 0.2) is 5.79 Å². The summed E-state index contributed by atoms with van der Waals surface area (Å²) in [7, 11) is 0. The Labute approximate surface area is 144 Å². The summed E-state index contributed by atoms with van der Waals surface area (Å²) in [5, 5.41) is 0. The fourth-order valence-corrected chi connectivity index (χ4v) is 4.11. The molecule has 0 amide bonds. The van der Waals surface area contributed by atoms with Crippen LogP contribution in [0.2, 0.25) is 0 Å². The molecule has 0 saturated carbocycles. The van der Waals surface area contributed by atoms with E-state index in [0.717, 1.165) is 25.2 Å². The van der Waals surface area contributed by atoms with Crippen LogP contribution in [-0.2, 0) is 15.3 Å². The van der Waals surface area contributed by atoms with Gasteiger partial charge in [-0.25, -0.2) is 0 Å². The van der Waals surface area contributed by atoms with Gasteiger partial charge in [-0.05, 0) is 30.9 Å². The maximum atomic E-state index is 6.25. The van der Waals surface area contributed by atoms with Crippen molar-refractivity contribution >= 4 is 0 Å². The summed E-state index contributed by atoms with van der Waals surface area (Å²) in [6.07, 6.45) is 4.58. The third kappa shape index (κ3) is 2.68. The van der Waals surface area contributed by atoms with Crippen molar-refractivity contribution in [2.24, 2.45) is 5.41 Å². The summed E-state index contributed by atoms with van der Waals surface area (Å²) in [6.45, 7) is 6.03. The van der Waals surface area contributed by atoms with Crippen LogP contribution in [0.5, 0.6) is 0 Å². The van der Waals surface area contributed by atoms with E-state index in [1.807, 2.05) is 0 Å². The lowest BCUT2D eigenvalue weighted by atomic mass is 9.74. The molecule has 2 aromatic rings. The first-order chi connectivity index (χ1) is 11.6. The summed E-state index contributed by atoms with van der Waals surface area (Å²) < 4.78 is 12.5. The minimum absolute atomic E-state index is 0.262. The number of hydrogen-bond acceptors (Lipinski definition) is 2. The Hall–Kier alpha value is -1.64. The van der Waals surface area contributed by atoms with Crippen molar-refractivity contribution in [2.75, 3.05) is 13.2 Å². The Balaban J connectivity index is 1.55. The normalized spacial score (nSPS) is 28.9. The van der Waals surface area contributed by atoms with Gasteiger partial charge in [-0.3, -0.25) is 0 Å². The first kappa shape index (κ1) is 15.9. The van der Waals surface area contributed by atoms with Crippen LogP contribution >= 0.6 is 0 Å². The monoisotopic (exact) mass is 322 g/mol. The highest BCUT2D eigenvalue weighted by Crippen LogP contribution is 2.51. The SMILES string of the molecule is CCCC12CCC(c3ccc(-c4ccc(C)cc4)cc3)(OC1)OC2. The predicted molar refractivity (Wildman–Crippen MR) is 96.8 cm³/mol. The zero-order valence-corrected chi connectivity index (χ0v) is 14.7. The Kier molecular flexibility index (Phi) is 3.98. The van der Waals surface area contributed by atoms with E-state index in [0.29, 0.717) is 0 Å². The second kappa shape index (κ2) is 6.02. The van der Waals surface area contributed by atoms with Crippen LogP contribution < -0.4 is 0 Å². The molecule has 2 heteroatoms. The van der Waals surface area contributed by atoms with E-state index < -0.39 is 5.79 Å². The van der Waals surface area contributed by atoms with Crippen LogP contribution in [0.4, 0.5) is 0 Å². The number of ether oxygens (including phenoxy) is 2. The largest absolute Gasteiger partial charge is 0.345 e. The quantitative estimate of drug-likeness (QED) is 0.746. The second-order valence-electron chi connectivity index (χ2n) is 7.52. The molecule has 3 heterocycles. The summed E-state index contributed by atoms with van der Waals surface area (Å²) in [6, 6.07) is 17.4. The van der Waals surface area contributed by atoms with Crippen molar-refractivity contribution in [3.05, 3.63) is 59.7 Å². The number of rotatable bonds is 4. The Morgan fingerprint density at radius 3 is 1.92 bits per heavy atom. The Bertz CT molecular complexity index is 675. The summed E-state index contributed by atoms with van der Waals surface area (Å²) in [5.41, 5.74) is 5.19. The second-order valence-corrected chi connectivity index (χ2v) is 7.52. The zero-order valence-electron chi connectivity index (χ0n) is 14.7. The molecule has 3 saturated heterocycles. The van der Waals surface area contributed by atoms with Crippen LogP contribution in [0.15, 0.2) is 48.5 Å². The highest BCUT2D eigenvalue weighted by atomic mass is 16.7. The van der Waals surface area contributed by atoms with Gasteiger partial charge < -0.3 is 9.47 Å². The van der Waals surface area contributed by atoms with Gasteiger partial charge in [0.2, 0.25) is 0 Å². The van der Waals surface area contributed by atoms with E-state index in [1.54, 1.807) is 0 Å². The van der Waals surface area contributed by atoms with E-state index >= 15 is 0 Å². The van der Waals surface area contributed by atoms with E-state index in [4.69, 9.17) is 9.47 Å². The summed E-state index contributed by atoms with van der Waals surface area (Å²) >= 11 is 0. The standard InChI is InChI=1S/C22H26O2/c1-3-12-21-13-14-22(23-15-21,24-16-21)20-10-8-19(9-11-20)18-6-4-17(2)5-7-18/h4-11H,3,12-16H2,1-2H3. The fraction of sp³-hybridized carbons (Fsp3) is 0.455. The molecule has 2 bridgehead atoms. The van der Waals surface area contributed by atoms with Gasteiger partial charge in [0.1, 0.15) is 0 Å². The van der Waals surface area contributed by atoms with Crippen LogP contribution in [0, 0.1) is 12.3 Å². The lowest BCUT2D eigenvalue weighted by Gasteiger charge is -2.53. The van der Waals surface area contributed by atoms with Crippen LogP contribution in [0.1, 0.15) is 43.7 Å². The molecule has 0 atom stereocenters. The third-order valence-electron chi connectivity index (χ3n) is 5.70. The molecular formula is C22H26O2. The van der Waals surface area contributed by atoms with Gasteiger partial charge in [0.05, 0.1) is 13.2 Å². The molecule has 0 aliphatic carbocycles. The van der Waals surface area contributed by atoms with Crippen molar-refractivity contribution in [1.29, 1.82) is 0 Å². The average Bonchev–Trinajstić information content (AvgIpc) is 2.64. The highest BCUT2D eigenvalue weighted by molar-refractivity contribution is 5.64. The first-order valence-electron chi connectivity index (χ1n) is 9.10. The number of hydrogen-bond donors (Lipinski definition) is 0. The average molecular weight is 322 g/mol. The number of benzene rings is 2. The van der Waals surface area contributed by atoms with Gasteiger partial charge in [0.25, 0.3) is 0 Å². The van der Waals surface area contributed by atoms with E-state index in [2.05, 4.69) is 62.4 Å². The minimum atomic E-state index is -0.513. The molecule has 2 nitrogen and oxygen atoms in total. The molecule has 2 aromatic carbocycles. The van der Waals surface area contributed by atoms with E-state index in [9.17, 15) is 0 Å². The summed E-state index contributed by atoms with van der Waals surface area (Å²) in [5.74, 6) is -0.513. The fourth-order valence-electron chi connectivity index (χ4n) is 4.11. The molecule has 0 aromatic heterocycles. The van der Waals surface area contributed by atoms with Gasteiger partial charge in [0, 0.05) is 17.4 Å². The van der Waals surface area contributed by atoms with Crippen molar-refractivity contribution in [3.63, 3.8) is 0 Å². The smallest absolute Gasteiger partial charge is 0.194 e. The number of fused-ring (bicyclic) bond motifs is 3. The molecular weight excluding hydrogens is 296 g/mol. The molecule has 3 aliphatic rings. The van der Waals surface area contributed by atoms with Gasteiger partial charge in [-0.2, -0.15) is 0 Å². The highest BCUT2D eigenvalue weighted by Gasteiger charge is 2.51. The molecule has 0 radical (unpaired) electrons. The molecule has 24 heavy (non-hydrogen) atoms. The first-order valence-corrected chi connectivity index (χ1v) is 9.10. The number of aryl methyl sites for hydroxylation is 1. The molecule has 3 fully saturated rings. The molecule has 0 spiro atoms. The third-order valence-corrected chi connectivity index (χ3v) is 5.70. The summed E-state index contributed by atoms with van der Waals surface area (Å²) in [4.78, 5) is 0. The van der Waals surface area contributed by atoms with Gasteiger partial charge in [-0.1, -0.05) is 67.4 Å². The maximum absolute atomic E-state index is 6.25. The zero-order chi connectivity index (χ0) is 16.6. The minimum Gasteiger partial charge on any atom is -0.345 e. The van der Waals surface area contributed by atoms with Crippen molar-refractivity contribution in [3.8, 4) is 11.1 Å². The van der Waals surface area contributed by atoms with E-state index in [-0.39, 0.29) is 5.41 Å². The topological polar surface area (TPSA) is 18.5 Å². The molecule has 3 aliphatic heterocycles. The molecule has 0 unspecified atom stereocenters. The van der Waals surface area contributed by atoms with Crippen LogP contribution in [-0.4, -0.2) is 13.2 Å². The molecule has 0 N–H and O–H groups in total. The van der Waals surface area contributed by atoms with Gasteiger partial charge in [-0.15, -0.1) is 0 Å². The van der Waals surface area contributed by atoms with Crippen molar-refractivity contribution in [1.82, 2.24) is 0 Å². The predicted octanol–water partition coefficient (Wildman–Crippen LogP) is 5.44. The van der Waals surface area contributed by atoms with E-state index in [1.165, 1.54) is 36.0 Å². The van der Waals surface area contributed by atoms with Crippen molar-refractivity contribution in [2.45, 2.75) is 45.3 Å². The Morgan fingerprint density at radius 1 is 0.833 bits per heavy atom. The lowest BCUT2D eigenvalue weighted by molar-refractivity contribution is -0.351. The van der Waals surface area contributed by atoms with Gasteiger partial charge >= 0.3 is 0 Å². The lowest BCUT2D eigenvalue weighted by Crippen LogP contribution is -2.53. The molecule has 5 rings (SSSR count). The van der Waals surface area contributed by atoms with Crippen LogP contribution in [0.3, 0.4) is 0 Å².